The lowest BCUT2D eigenvalue weighted by molar-refractivity contribution is -0.0500. The number of hydrogen-bond acceptors (Lipinski definition) is 9. The van der Waals surface area contributed by atoms with Crippen molar-refractivity contribution in [3.05, 3.63) is 47.7 Å². The zero-order chi connectivity index (χ0) is 31.1. The van der Waals surface area contributed by atoms with Crippen molar-refractivity contribution < 1.29 is 36.4 Å². The number of carbonyl (C=O) groups is 2. The highest BCUT2D eigenvalue weighted by molar-refractivity contribution is 7.96. The second kappa shape index (κ2) is 11.2. The van der Waals surface area contributed by atoms with Gasteiger partial charge in [-0.05, 0) is 78.6 Å². The number of fused-ring (bicyclic) bond motifs is 1. The molecule has 11 nitrogen and oxygen atoms in total. The van der Waals surface area contributed by atoms with Crippen LogP contribution in [-0.2, 0) is 20.0 Å². The molecular formula is C27H33F3N6O5S. The summed E-state index contributed by atoms with van der Waals surface area (Å²) < 4.78 is 67.9. The molecule has 2 aromatic rings. The largest absolute Gasteiger partial charge is 0.444 e. The first kappa shape index (κ1) is 31.2. The van der Waals surface area contributed by atoms with Crippen LogP contribution in [0.5, 0.6) is 5.75 Å². The van der Waals surface area contributed by atoms with Gasteiger partial charge in [-0.15, -0.1) is 0 Å². The van der Waals surface area contributed by atoms with E-state index in [9.17, 15) is 22.6 Å². The maximum Gasteiger partial charge on any atom is 0.413 e. The number of alkyl halides is 2. The number of hydrogen-bond donors (Lipinski definition) is 2. The summed E-state index contributed by atoms with van der Waals surface area (Å²) in [5.41, 5.74) is -2.72. The Balaban J connectivity index is 1.74. The molecule has 4 heterocycles. The van der Waals surface area contributed by atoms with Crippen LogP contribution in [0.1, 0.15) is 70.6 Å². The van der Waals surface area contributed by atoms with Crippen molar-refractivity contribution >= 4 is 33.4 Å². The van der Waals surface area contributed by atoms with Crippen molar-refractivity contribution in [1.82, 2.24) is 15.3 Å². The zero-order valence-corrected chi connectivity index (χ0v) is 24.9. The van der Waals surface area contributed by atoms with Crippen LogP contribution in [0.2, 0.25) is 0 Å². The molecule has 15 heteroatoms. The summed E-state index contributed by atoms with van der Waals surface area (Å²) in [7, 11) is -3.16. The minimum atomic E-state index is -3.16. The maximum absolute atomic E-state index is 15.5. The number of carbonyl (C=O) groups excluding carboxylic acids is 2. The van der Waals surface area contributed by atoms with E-state index in [0.717, 1.165) is 18.3 Å². The lowest BCUT2D eigenvalue weighted by Crippen LogP contribution is -2.62. The number of amidine groups is 1. The quantitative estimate of drug-likeness (QED) is 0.483. The molecule has 2 aliphatic rings. The van der Waals surface area contributed by atoms with Crippen LogP contribution in [0, 0.1) is 5.82 Å². The van der Waals surface area contributed by atoms with Crippen molar-refractivity contribution in [3.63, 3.8) is 0 Å². The van der Waals surface area contributed by atoms with Gasteiger partial charge < -0.3 is 14.8 Å². The SMILES string of the molecule is CC(C)(C)OC(=O)NC1=N[C@](C)(c2nc(NC(=O)c3ccc(OC(F)F)cn3)ccc2F)[C@H]2CCCN=[S@]2(=O)C1(C)C. The molecule has 0 bridgehead atoms. The van der Waals surface area contributed by atoms with E-state index in [1.807, 2.05) is 0 Å². The number of anilines is 1. The average Bonchev–Trinajstić information content (AvgIpc) is 2.87. The molecule has 2 aliphatic heterocycles. The average molecular weight is 611 g/mol. The summed E-state index contributed by atoms with van der Waals surface area (Å²) in [6.07, 6.45) is 1.14. The molecule has 2 N–H and O–H groups in total. The third kappa shape index (κ3) is 6.05. The molecule has 0 radical (unpaired) electrons. The molecule has 0 aromatic carbocycles. The molecule has 2 aromatic heterocycles. The molecule has 42 heavy (non-hydrogen) atoms. The fourth-order valence-corrected chi connectivity index (χ4v) is 8.19. The minimum absolute atomic E-state index is 0.0112. The second-order valence-electron chi connectivity index (χ2n) is 11.5. The normalized spacial score (nSPS) is 25.0. The van der Waals surface area contributed by atoms with Crippen LogP contribution >= 0.6 is 0 Å². The second-order valence-corrected chi connectivity index (χ2v) is 14.5. The van der Waals surface area contributed by atoms with Gasteiger partial charge in [0, 0.05) is 6.54 Å². The summed E-state index contributed by atoms with van der Waals surface area (Å²) in [4.78, 5) is 38.5. The topological polar surface area (TPSA) is 144 Å². The lowest BCUT2D eigenvalue weighted by Gasteiger charge is -2.48. The van der Waals surface area contributed by atoms with Gasteiger partial charge >= 0.3 is 12.7 Å². The number of nitrogens with zero attached hydrogens (tertiary/aromatic N) is 4. The van der Waals surface area contributed by atoms with Gasteiger partial charge in [-0.3, -0.25) is 15.1 Å². The van der Waals surface area contributed by atoms with Crippen molar-refractivity contribution in [2.24, 2.45) is 9.36 Å². The fraction of sp³-hybridized carbons (Fsp3) is 0.519. The third-order valence-electron chi connectivity index (χ3n) is 6.95. The molecule has 2 amide bonds. The van der Waals surface area contributed by atoms with Crippen LogP contribution in [-0.4, -0.2) is 60.8 Å². The Kier molecular flexibility index (Phi) is 8.28. The molecule has 3 atom stereocenters. The molecule has 0 spiro atoms. The van der Waals surface area contributed by atoms with Gasteiger partial charge in [0.25, 0.3) is 5.91 Å². The molecule has 4 rings (SSSR count). The number of aromatic nitrogens is 2. The third-order valence-corrected chi connectivity index (χ3v) is 10.6. The van der Waals surface area contributed by atoms with Gasteiger partial charge in [0.1, 0.15) is 50.5 Å². The highest BCUT2D eigenvalue weighted by Crippen LogP contribution is 2.47. The number of ether oxygens (including phenoxy) is 2. The highest BCUT2D eigenvalue weighted by Gasteiger charge is 2.57. The first-order chi connectivity index (χ1) is 19.5. The van der Waals surface area contributed by atoms with Crippen LogP contribution < -0.4 is 15.4 Å². The summed E-state index contributed by atoms with van der Waals surface area (Å²) in [6, 6.07) is 4.65. The number of amides is 2. The first-order valence-corrected chi connectivity index (χ1v) is 14.7. The van der Waals surface area contributed by atoms with Crippen LogP contribution in [0.15, 0.2) is 39.8 Å². The number of pyridine rings is 2. The molecule has 0 saturated heterocycles. The number of nitrogens with one attached hydrogen (secondary N) is 2. The number of alkyl carbamates (subject to hydrolysis) is 1. The molecule has 228 valence electrons. The van der Waals surface area contributed by atoms with E-state index < -0.39 is 55.3 Å². The molecule has 0 unspecified atom stereocenters. The fourth-order valence-electron chi connectivity index (χ4n) is 4.93. The Morgan fingerprint density at radius 3 is 2.45 bits per heavy atom. The van der Waals surface area contributed by atoms with Crippen LogP contribution in [0.4, 0.5) is 23.8 Å². The van der Waals surface area contributed by atoms with E-state index in [4.69, 9.17) is 9.73 Å². The molecule has 0 saturated carbocycles. The minimum Gasteiger partial charge on any atom is -0.444 e. The van der Waals surface area contributed by atoms with Crippen molar-refractivity contribution in [2.45, 2.75) is 82.1 Å². The maximum atomic E-state index is 15.5. The van der Waals surface area contributed by atoms with Gasteiger partial charge in [-0.25, -0.2) is 27.7 Å². The van der Waals surface area contributed by atoms with Gasteiger partial charge in [-0.2, -0.15) is 8.78 Å². The van der Waals surface area contributed by atoms with Crippen molar-refractivity contribution in [2.75, 3.05) is 11.9 Å². The Morgan fingerprint density at radius 1 is 1.12 bits per heavy atom. The number of rotatable bonds is 5. The predicted molar refractivity (Wildman–Crippen MR) is 150 cm³/mol. The first-order valence-electron chi connectivity index (χ1n) is 13.2. The smallest absolute Gasteiger partial charge is 0.413 e. The van der Waals surface area contributed by atoms with Gasteiger partial charge in [0.05, 0.1) is 21.2 Å². The molecule has 0 fully saturated rings. The van der Waals surface area contributed by atoms with Crippen molar-refractivity contribution in [3.8, 4) is 5.75 Å². The number of aliphatic imine (C=N–C) groups is 1. The summed E-state index contributed by atoms with van der Waals surface area (Å²) in [6.45, 7) is 7.26. The standard InChI is InChI=1S/C27H33F3N6O5S/c1-25(2,3)41-24(38)35-22-26(4,5)42(39)18(8-7-13-32-42)27(6,36-22)20-16(28)10-12-19(33-20)34-21(37)17-11-9-15(14-31-17)40-23(29)30/h9-12,14,18,23H,7-8,13H2,1-6H3,(H,33,34,37)(H,35,36,38)/t18-,27+,42-/m1/s1. The monoisotopic (exact) mass is 610 g/mol. The predicted octanol–water partition coefficient (Wildman–Crippen LogP) is 5.03. The summed E-state index contributed by atoms with van der Waals surface area (Å²) in [5, 5.41) is 4.36. The lowest BCUT2D eigenvalue weighted by atomic mass is 9.89. The summed E-state index contributed by atoms with van der Waals surface area (Å²) in [5.74, 6) is -1.79. The molecule has 0 aliphatic carbocycles. The Labute approximate surface area is 241 Å². The molecular weight excluding hydrogens is 577 g/mol. The van der Waals surface area contributed by atoms with Gasteiger partial charge in [0.2, 0.25) is 0 Å². The van der Waals surface area contributed by atoms with Crippen LogP contribution in [0.3, 0.4) is 0 Å². The van der Waals surface area contributed by atoms with Gasteiger partial charge in [-0.1, -0.05) is 0 Å². The van der Waals surface area contributed by atoms with Gasteiger partial charge in [0.15, 0.2) is 0 Å². The van der Waals surface area contributed by atoms with E-state index in [1.165, 1.54) is 12.1 Å². The van der Waals surface area contributed by atoms with E-state index >= 15 is 4.39 Å². The zero-order valence-electron chi connectivity index (χ0n) is 24.0. The van der Waals surface area contributed by atoms with E-state index in [1.54, 1.807) is 41.5 Å². The summed E-state index contributed by atoms with van der Waals surface area (Å²) >= 11 is 0. The highest BCUT2D eigenvalue weighted by atomic mass is 32.2. The van der Waals surface area contributed by atoms with E-state index in [0.29, 0.717) is 19.4 Å². The Hall–Kier alpha value is -3.75. The Morgan fingerprint density at radius 2 is 1.83 bits per heavy atom. The van der Waals surface area contributed by atoms with E-state index in [2.05, 4.69) is 29.7 Å². The van der Waals surface area contributed by atoms with Crippen LogP contribution in [0.25, 0.3) is 0 Å². The Bertz CT molecular complexity index is 1530. The number of halogens is 3. The van der Waals surface area contributed by atoms with Crippen molar-refractivity contribution in [1.29, 1.82) is 0 Å². The van der Waals surface area contributed by atoms with E-state index in [-0.39, 0.29) is 28.8 Å².